The normalized spacial score (nSPS) is 12.9. The molecule has 0 saturated carbocycles. The lowest BCUT2D eigenvalue weighted by molar-refractivity contribution is -0.122. The largest absolute Gasteiger partial charge is 0.354 e. The third-order valence-electron chi connectivity index (χ3n) is 8.22. The van der Waals surface area contributed by atoms with Gasteiger partial charge in [0.05, 0.1) is 0 Å². The number of amides is 2. The minimum absolute atomic E-state index is 0.141. The summed E-state index contributed by atoms with van der Waals surface area (Å²) in [6.45, 7) is 11.9. The minimum Gasteiger partial charge on any atom is -0.354 e. The van der Waals surface area contributed by atoms with Gasteiger partial charge in [-0.2, -0.15) is 0 Å². The molecule has 0 saturated heterocycles. The topological polar surface area (TPSA) is 73.5 Å². The lowest BCUT2D eigenvalue weighted by Crippen LogP contribution is -2.37. The monoisotopic (exact) mass is 581 g/mol. The van der Waals surface area contributed by atoms with E-state index in [0.717, 1.165) is 32.5 Å². The fourth-order valence-corrected chi connectivity index (χ4v) is 5.36. The van der Waals surface area contributed by atoms with Gasteiger partial charge in [-0.3, -0.25) is 9.59 Å². The average Bonchev–Trinajstić information content (AvgIpc) is 2.94. The summed E-state index contributed by atoms with van der Waals surface area (Å²) >= 11 is 0. The van der Waals surface area contributed by atoms with E-state index < -0.39 is 0 Å². The number of hydrogen-bond donors (Lipinski definition) is 3. The van der Waals surface area contributed by atoms with Crippen LogP contribution < -0.4 is 16.0 Å². The number of likely N-dealkylation sites (N-methyl/N-ethyl adjacent to an activating group) is 1. The van der Waals surface area contributed by atoms with Gasteiger partial charge in [0.15, 0.2) is 0 Å². The fraction of sp³-hybridized carbons (Fsp3) is 0.943. The van der Waals surface area contributed by atoms with Gasteiger partial charge in [0.1, 0.15) is 0 Å². The molecule has 41 heavy (non-hydrogen) atoms. The Labute approximate surface area is 256 Å². The summed E-state index contributed by atoms with van der Waals surface area (Å²) < 4.78 is 0. The second kappa shape index (κ2) is 30.3. The van der Waals surface area contributed by atoms with Gasteiger partial charge in [-0.1, -0.05) is 129 Å². The van der Waals surface area contributed by atoms with Crippen LogP contribution in [0.3, 0.4) is 0 Å². The van der Waals surface area contributed by atoms with Crippen molar-refractivity contribution in [1.29, 1.82) is 0 Å². The Hall–Kier alpha value is -1.14. The lowest BCUT2D eigenvalue weighted by atomic mass is 10.0. The summed E-state index contributed by atoms with van der Waals surface area (Å²) in [7, 11) is 2.06. The molecule has 0 radical (unpaired) electrons. The molecular weight excluding hydrogens is 508 g/mol. The first-order valence-corrected chi connectivity index (χ1v) is 17.9. The highest BCUT2D eigenvalue weighted by atomic mass is 16.2. The Morgan fingerprint density at radius 2 is 0.927 bits per heavy atom. The maximum atomic E-state index is 12.3. The van der Waals surface area contributed by atoms with Crippen LogP contribution in [0.15, 0.2) is 0 Å². The minimum atomic E-state index is 0.141. The quantitative estimate of drug-likeness (QED) is 0.0724. The van der Waals surface area contributed by atoms with Crippen molar-refractivity contribution in [3.05, 3.63) is 0 Å². The molecule has 6 heteroatoms. The highest BCUT2D eigenvalue weighted by molar-refractivity contribution is 5.76. The van der Waals surface area contributed by atoms with Crippen LogP contribution in [0.5, 0.6) is 0 Å². The molecule has 0 rings (SSSR count). The zero-order valence-corrected chi connectivity index (χ0v) is 28.3. The van der Waals surface area contributed by atoms with Crippen molar-refractivity contribution >= 4 is 11.8 Å². The molecule has 2 atom stereocenters. The highest BCUT2D eigenvalue weighted by Gasteiger charge is 2.10. The molecule has 0 spiro atoms. The van der Waals surface area contributed by atoms with Gasteiger partial charge in [0.25, 0.3) is 0 Å². The molecule has 0 heterocycles. The molecule has 3 N–H and O–H groups in total. The van der Waals surface area contributed by atoms with Crippen LogP contribution in [0, 0.1) is 0 Å². The van der Waals surface area contributed by atoms with Crippen molar-refractivity contribution < 1.29 is 9.59 Å². The van der Waals surface area contributed by atoms with Crippen LogP contribution in [0.2, 0.25) is 0 Å². The summed E-state index contributed by atoms with van der Waals surface area (Å²) in [4.78, 5) is 26.7. The summed E-state index contributed by atoms with van der Waals surface area (Å²) in [6.07, 6.45) is 27.3. The van der Waals surface area contributed by atoms with E-state index in [4.69, 9.17) is 0 Å². The standard InChI is InChI=1S/C35H72N4O2/c1-6-8-10-12-14-16-18-20-22-24-32(3)37-34(40)26-28-36-29-31-39(5)30-27-35(41)38-33(4)25-23-21-19-17-15-13-11-9-7-2/h32-33,36H,6-31H2,1-5H3,(H,37,40)(H,38,41). The number of hydrogen-bond acceptors (Lipinski definition) is 4. The van der Waals surface area contributed by atoms with E-state index >= 15 is 0 Å². The first-order valence-electron chi connectivity index (χ1n) is 17.9. The summed E-state index contributed by atoms with van der Waals surface area (Å²) in [5, 5.41) is 9.69. The molecular formula is C35H72N4O2. The molecule has 0 aromatic heterocycles. The van der Waals surface area contributed by atoms with Crippen molar-refractivity contribution in [2.75, 3.05) is 33.2 Å². The maximum Gasteiger partial charge on any atom is 0.221 e. The smallest absolute Gasteiger partial charge is 0.221 e. The number of nitrogens with one attached hydrogen (secondary N) is 3. The molecule has 0 bridgehead atoms. The van der Waals surface area contributed by atoms with Gasteiger partial charge >= 0.3 is 0 Å². The van der Waals surface area contributed by atoms with E-state index in [1.807, 2.05) is 0 Å². The van der Waals surface area contributed by atoms with Crippen molar-refractivity contribution in [2.45, 2.75) is 181 Å². The Bertz CT molecular complexity index is 587. The van der Waals surface area contributed by atoms with Crippen LogP contribution in [-0.2, 0) is 9.59 Å². The Morgan fingerprint density at radius 3 is 1.37 bits per heavy atom. The van der Waals surface area contributed by atoms with Gasteiger partial charge in [-0.15, -0.1) is 0 Å². The molecule has 0 aliphatic rings. The van der Waals surface area contributed by atoms with Gasteiger partial charge in [0.2, 0.25) is 11.8 Å². The Morgan fingerprint density at radius 1 is 0.537 bits per heavy atom. The van der Waals surface area contributed by atoms with Crippen LogP contribution in [0.1, 0.15) is 169 Å². The van der Waals surface area contributed by atoms with E-state index in [-0.39, 0.29) is 23.9 Å². The lowest BCUT2D eigenvalue weighted by Gasteiger charge is -2.18. The van der Waals surface area contributed by atoms with Crippen molar-refractivity contribution in [3.8, 4) is 0 Å². The van der Waals surface area contributed by atoms with E-state index in [9.17, 15) is 9.59 Å². The fourth-order valence-electron chi connectivity index (χ4n) is 5.36. The van der Waals surface area contributed by atoms with E-state index in [1.54, 1.807) is 0 Å². The number of rotatable bonds is 31. The second-order valence-electron chi connectivity index (χ2n) is 12.7. The molecule has 2 amide bonds. The highest BCUT2D eigenvalue weighted by Crippen LogP contribution is 2.12. The third kappa shape index (κ3) is 30.1. The summed E-state index contributed by atoms with van der Waals surface area (Å²) in [6, 6.07) is 0.523. The first-order chi connectivity index (χ1) is 19.9. The molecule has 0 aromatic carbocycles. The number of carbonyl (C=O) groups is 2. The molecule has 2 unspecified atom stereocenters. The van der Waals surface area contributed by atoms with Crippen LogP contribution in [-0.4, -0.2) is 62.0 Å². The first kappa shape index (κ1) is 39.9. The van der Waals surface area contributed by atoms with E-state index in [0.29, 0.717) is 19.4 Å². The summed E-state index contributed by atoms with van der Waals surface area (Å²) in [5.74, 6) is 0.295. The zero-order valence-electron chi connectivity index (χ0n) is 28.3. The number of carbonyl (C=O) groups excluding carboxylic acids is 2. The predicted molar refractivity (Wildman–Crippen MR) is 178 cm³/mol. The van der Waals surface area contributed by atoms with E-state index in [1.165, 1.54) is 116 Å². The molecule has 0 aromatic rings. The molecule has 0 aliphatic carbocycles. The van der Waals surface area contributed by atoms with Crippen LogP contribution in [0.25, 0.3) is 0 Å². The molecule has 244 valence electrons. The zero-order chi connectivity index (χ0) is 30.4. The third-order valence-corrected chi connectivity index (χ3v) is 8.22. The van der Waals surface area contributed by atoms with E-state index in [2.05, 4.69) is 55.6 Å². The van der Waals surface area contributed by atoms with Gasteiger partial charge in [-0.25, -0.2) is 0 Å². The SMILES string of the molecule is CCCCCCCCCCCC(C)NC(=O)CCNCCN(C)CCC(=O)NC(C)CCCCCCCCCCC. The summed E-state index contributed by atoms with van der Waals surface area (Å²) in [5.41, 5.74) is 0. The Kier molecular flexibility index (Phi) is 29.5. The number of nitrogens with zero attached hydrogens (tertiary/aromatic N) is 1. The van der Waals surface area contributed by atoms with Crippen molar-refractivity contribution in [2.24, 2.45) is 0 Å². The molecule has 0 aliphatic heterocycles. The van der Waals surface area contributed by atoms with Crippen LogP contribution in [0.4, 0.5) is 0 Å². The van der Waals surface area contributed by atoms with Gasteiger partial charge in [-0.05, 0) is 33.7 Å². The van der Waals surface area contributed by atoms with Crippen LogP contribution >= 0.6 is 0 Å². The van der Waals surface area contributed by atoms with Crippen molar-refractivity contribution in [1.82, 2.24) is 20.9 Å². The molecule has 6 nitrogen and oxygen atoms in total. The molecule has 0 fully saturated rings. The second-order valence-corrected chi connectivity index (χ2v) is 12.7. The Balaban J connectivity index is 3.59. The average molecular weight is 581 g/mol. The van der Waals surface area contributed by atoms with Gasteiger partial charge < -0.3 is 20.9 Å². The number of unbranched alkanes of at least 4 members (excludes halogenated alkanes) is 16. The van der Waals surface area contributed by atoms with Crippen molar-refractivity contribution in [3.63, 3.8) is 0 Å². The maximum absolute atomic E-state index is 12.3. The van der Waals surface area contributed by atoms with Gasteiger partial charge in [0, 0.05) is 51.1 Å². The predicted octanol–water partition coefficient (Wildman–Crippen LogP) is 8.14.